The van der Waals surface area contributed by atoms with Crippen LogP contribution in [0.15, 0.2) is 30.6 Å². The number of sulfonamides is 1. The zero-order valence-corrected chi connectivity index (χ0v) is 22.6. The Morgan fingerprint density at radius 3 is 2.51 bits per heavy atom. The molecular weight excluding hydrogens is 534 g/mol. The summed E-state index contributed by atoms with van der Waals surface area (Å²) in [6.45, 7) is 1.14. The number of imidazole rings is 1. The maximum absolute atomic E-state index is 13.8. The van der Waals surface area contributed by atoms with Crippen molar-refractivity contribution in [3.05, 3.63) is 30.6 Å². The molecule has 2 aliphatic rings. The number of alkyl halides is 2. The summed E-state index contributed by atoms with van der Waals surface area (Å²) in [5, 5.41) is 2.76. The minimum absolute atomic E-state index is 0.00656. The molecule has 2 aliphatic heterocycles. The predicted octanol–water partition coefficient (Wildman–Crippen LogP) is 2.49. The number of aromatic nitrogens is 3. The molecule has 1 N–H and O–H groups in total. The van der Waals surface area contributed by atoms with Crippen LogP contribution in [0.4, 0.5) is 14.5 Å². The van der Waals surface area contributed by atoms with Gasteiger partial charge in [0.15, 0.2) is 0 Å². The zero-order valence-electron chi connectivity index (χ0n) is 21.8. The van der Waals surface area contributed by atoms with E-state index in [2.05, 4.69) is 20.2 Å². The van der Waals surface area contributed by atoms with Gasteiger partial charge in [0.25, 0.3) is 0 Å². The van der Waals surface area contributed by atoms with Gasteiger partial charge in [-0.3, -0.25) is 9.36 Å². The number of methoxy groups -OCH3 is 1. The van der Waals surface area contributed by atoms with Gasteiger partial charge >= 0.3 is 6.55 Å². The average Bonchev–Trinajstić information content (AvgIpc) is 3.54. The lowest BCUT2D eigenvalue weighted by Crippen LogP contribution is -2.48. The number of carbonyl (C=O) groups is 1. The van der Waals surface area contributed by atoms with Gasteiger partial charge in [-0.15, -0.1) is 0 Å². The third-order valence-corrected chi connectivity index (χ3v) is 8.53. The van der Waals surface area contributed by atoms with Crippen LogP contribution in [0.2, 0.25) is 0 Å². The number of hydrogen-bond acceptors (Lipinski definition) is 8. The molecule has 1 amide bonds. The van der Waals surface area contributed by atoms with Crippen LogP contribution in [0.5, 0.6) is 11.6 Å². The van der Waals surface area contributed by atoms with Crippen molar-refractivity contribution in [2.24, 2.45) is 5.92 Å². The number of fused-ring (bicyclic) bond motifs is 1. The van der Waals surface area contributed by atoms with Gasteiger partial charge in [-0.2, -0.15) is 13.1 Å². The first-order valence-corrected chi connectivity index (χ1v) is 14.4. The molecule has 2 fully saturated rings. The Balaban J connectivity index is 1.47. The molecule has 1 aromatic carbocycles. The Hall–Kier alpha value is -3.52. The van der Waals surface area contributed by atoms with E-state index in [9.17, 15) is 22.0 Å². The van der Waals surface area contributed by atoms with Crippen molar-refractivity contribution in [2.75, 3.05) is 51.0 Å². The SMILES string of the molecule is COc1cc(-c2cc3ncn(C(F)F)c3c(O[C@H](C)[C@H]3CNC(=O)C3)n2)ccc1N1CCN(S(C)(=O)=O)CC1. The number of nitrogens with zero attached hydrogens (tertiary/aromatic N) is 5. The average molecular weight is 565 g/mol. The summed E-state index contributed by atoms with van der Waals surface area (Å²) in [6, 6.07) is 7.12. The highest BCUT2D eigenvalue weighted by Gasteiger charge is 2.30. The van der Waals surface area contributed by atoms with Crippen LogP contribution < -0.4 is 19.7 Å². The Bertz CT molecular complexity index is 1490. The maximum atomic E-state index is 13.8. The molecule has 2 saturated heterocycles. The molecule has 14 heteroatoms. The lowest BCUT2D eigenvalue weighted by atomic mass is 10.0. The molecule has 0 unspecified atom stereocenters. The van der Waals surface area contributed by atoms with Crippen LogP contribution in [0.1, 0.15) is 19.9 Å². The molecule has 4 heterocycles. The van der Waals surface area contributed by atoms with E-state index in [1.54, 1.807) is 26.2 Å². The smallest absolute Gasteiger partial charge is 0.320 e. The minimum atomic E-state index is -3.25. The highest BCUT2D eigenvalue weighted by Crippen LogP contribution is 2.37. The highest BCUT2D eigenvalue weighted by molar-refractivity contribution is 7.88. The number of carbonyl (C=O) groups excluding carboxylic acids is 1. The molecule has 2 atom stereocenters. The Labute approximate surface area is 224 Å². The summed E-state index contributed by atoms with van der Waals surface area (Å²) >= 11 is 0. The normalized spacial score (nSPS) is 19.5. The topological polar surface area (TPSA) is 119 Å². The first kappa shape index (κ1) is 27.1. The number of pyridine rings is 1. The molecule has 0 saturated carbocycles. The van der Waals surface area contributed by atoms with Crippen LogP contribution in [0, 0.1) is 5.92 Å². The van der Waals surface area contributed by atoms with Gasteiger partial charge in [0.1, 0.15) is 23.7 Å². The number of hydrogen-bond donors (Lipinski definition) is 1. The van der Waals surface area contributed by atoms with Crippen molar-refractivity contribution >= 4 is 32.7 Å². The molecule has 2 aromatic heterocycles. The minimum Gasteiger partial charge on any atom is -0.495 e. The monoisotopic (exact) mass is 564 g/mol. The van der Waals surface area contributed by atoms with Gasteiger partial charge in [0.05, 0.1) is 30.3 Å². The fourth-order valence-corrected chi connectivity index (χ4v) is 5.82. The van der Waals surface area contributed by atoms with Gasteiger partial charge in [-0.05, 0) is 25.1 Å². The number of ether oxygens (including phenoxy) is 2. The summed E-state index contributed by atoms with van der Waals surface area (Å²) < 4.78 is 65.2. The molecule has 11 nitrogen and oxygen atoms in total. The van der Waals surface area contributed by atoms with Crippen LogP contribution >= 0.6 is 0 Å². The van der Waals surface area contributed by atoms with Gasteiger partial charge in [0, 0.05) is 50.6 Å². The number of benzene rings is 1. The van der Waals surface area contributed by atoms with Gasteiger partial charge in [-0.1, -0.05) is 6.07 Å². The third kappa shape index (κ3) is 5.48. The number of halogens is 2. The van der Waals surface area contributed by atoms with Crippen LogP contribution in [-0.4, -0.2) is 85.4 Å². The fraction of sp³-hybridized carbons (Fsp3) is 0.480. The van der Waals surface area contributed by atoms with E-state index in [1.807, 2.05) is 12.1 Å². The highest BCUT2D eigenvalue weighted by atomic mass is 32.2. The molecular formula is C25H30F2N6O5S. The van der Waals surface area contributed by atoms with Crippen molar-refractivity contribution < 1.29 is 31.5 Å². The van der Waals surface area contributed by atoms with Gasteiger partial charge in [-0.25, -0.2) is 18.4 Å². The molecule has 0 radical (unpaired) electrons. The van der Waals surface area contributed by atoms with E-state index in [0.717, 1.165) is 12.0 Å². The molecule has 5 rings (SSSR count). The van der Waals surface area contributed by atoms with Crippen molar-refractivity contribution in [2.45, 2.75) is 26.0 Å². The second-order valence-corrected chi connectivity index (χ2v) is 11.7. The molecule has 3 aromatic rings. The van der Waals surface area contributed by atoms with E-state index in [0.29, 0.717) is 59.8 Å². The van der Waals surface area contributed by atoms with Crippen molar-refractivity contribution in [3.8, 4) is 22.9 Å². The summed E-state index contributed by atoms with van der Waals surface area (Å²) in [7, 11) is -1.71. The second-order valence-electron chi connectivity index (χ2n) is 9.74. The van der Waals surface area contributed by atoms with E-state index in [1.165, 1.54) is 10.6 Å². The molecule has 39 heavy (non-hydrogen) atoms. The lowest BCUT2D eigenvalue weighted by molar-refractivity contribution is -0.119. The molecule has 210 valence electrons. The van der Waals surface area contributed by atoms with Crippen LogP contribution in [0.3, 0.4) is 0 Å². The van der Waals surface area contributed by atoms with Crippen molar-refractivity contribution in [1.82, 2.24) is 24.2 Å². The standard InChI is InChI=1S/C25H30F2N6O5S/c1-15(17-11-22(34)28-13-17)38-24-23-19(29-14-33(23)25(26)27)12-18(30-24)16-4-5-20(21(10-16)37-2)31-6-8-32(9-7-31)39(3,35)36/h4-5,10,12,14-15,17,25H,6-9,11,13H2,1-3H3,(H,28,34)/t15-,17-/m1/s1. The van der Waals surface area contributed by atoms with Crippen molar-refractivity contribution in [1.29, 1.82) is 0 Å². The van der Waals surface area contributed by atoms with Crippen LogP contribution in [0.25, 0.3) is 22.3 Å². The Morgan fingerprint density at radius 1 is 1.15 bits per heavy atom. The Morgan fingerprint density at radius 2 is 1.90 bits per heavy atom. The molecule has 0 aliphatic carbocycles. The largest absolute Gasteiger partial charge is 0.495 e. The lowest BCUT2D eigenvalue weighted by Gasteiger charge is -2.35. The van der Waals surface area contributed by atoms with E-state index >= 15 is 0 Å². The first-order chi connectivity index (χ1) is 18.5. The summed E-state index contributed by atoms with van der Waals surface area (Å²) in [5.74, 6) is 0.368. The quantitative estimate of drug-likeness (QED) is 0.444. The van der Waals surface area contributed by atoms with E-state index in [-0.39, 0.29) is 29.6 Å². The summed E-state index contributed by atoms with van der Waals surface area (Å²) in [6.07, 6.45) is 2.08. The molecule has 0 bridgehead atoms. The predicted molar refractivity (Wildman–Crippen MR) is 141 cm³/mol. The first-order valence-electron chi connectivity index (χ1n) is 12.5. The number of nitrogens with one attached hydrogen (secondary N) is 1. The number of rotatable bonds is 8. The Kier molecular flexibility index (Phi) is 7.33. The second kappa shape index (κ2) is 10.6. The maximum Gasteiger partial charge on any atom is 0.320 e. The molecule has 0 spiro atoms. The number of anilines is 1. The fourth-order valence-electron chi connectivity index (χ4n) is 4.99. The number of amides is 1. The summed E-state index contributed by atoms with van der Waals surface area (Å²) in [4.78, 5) is 22.5. The van der Waals surface area contributed by atoms with Gasteiger partial charge in [0.2, 0.25) is 21.8 Å². The van der Waals surface area contributed by atoms with Gasteiger partial charge < -0.3 is 19.7 Å². The summed E-state index contributed by atoms with van der Waals surface area (Å²) in [5.41, 5.74) is 2.29. The third-order valence-electron chi connectivity index (χ3n) is 7.22. The van der Waals surface area contributed by atoms with Crippen molar-refractivity contribution in [3.63, 3.8) is 0 Å². The van der Waals surface area contributed by atoms with E-state index < -0.39 is 22.7 Å². The van der Waals surface area contributed by atoms with Crippen LogP contribution in [-0.2, 0) is 14.8 Å². The number of piperazine rings is 1. The zero-order chi connectivity index (χ0) is 27.9. The van der Waals surface area contributed by atoms with E-state index in [4.69, 9.17) is 9.47 Å².